The van der Waals surface area contributed by atoms with Crippen molar-refractivity contribution in [2.45, 2.75) is 20.3 Å². The maximum absolute atomic E-state index is 12.1. The standard InChI is InChI=1S/C14H18N2O4/c1-9-3-4-10(2)11(5-9)6-13(18)16(7-12(15)17)8-14(19)20/h3-5H,6-8H2,1-2H3,(H2,15,17)(H,19,20). The molecule has 0 aromatic heterocycles. The highest BCUT2D eigenvalue weighted by atomic mass is 16.4. The number of carbonyl (C=O) groups is 3. The fraction of sp³-hybridized carbons (Fsp3) is 0.357. The van der Waals surface area contributed by atoms with E-state index >= 15 is 0 Å². The van der Waals surface area contributed by atoms with E-state index in [4.69, 9.17) is 10.8 Å². The summed E-state index contributed by atoms with van der Waals surface area (Å²) < 4.78 is 0. The summed E-state index contributed by atoms with van der Waals surface area (Å²) in [6.45, 7) is 2.85. The summed E-state index contributed by atoms with van der Waals surface area (Å²) in [6, 6.07) is 5.70. The molecule has 0 aliphatic carbocycles. The van der Waals surface area contributed by atoms with E-state index in [-0.39, 0.29) is 6.42 Å². The van der Waals surface area contributed by atoms with Crippen LogP contribution in [0.4, 0.5) is 0 Å². The maximum atomic E-state index is 12.1. The zero-order chi connectivity index (χ0) is 15.3. The van der Waals surface area contributed by atoms with Gasteiger partial charge in [-0.05, 0) is 25.0 Å². The molecule has 20 heavy (non-hydrogen) atoms. The molecule has 3 N–H and O–H groups in total. The number of amides is 2. The van der Waals surface area contributed by atoms with Crippen LogP contribution in [0.2, 0.25) is 0 Å². The lowest BCUT2D eigenvalue weighted by Gasteiger charge is -2.19. The number of nitrogens with zero attached hydrogens (tertiary/aromatic N) is 1. The molecule has 1 rings (SSSR count). The summed E-state index contributed by atoms with van der Waals surface area (Å²) in [7, 11) is 0. The molecule has 0 heterocycles. The summed E-state index contributed by atoms with van der Waals surface area (Å²) in [5, 5.41) is 8.76. The van der Waals surface area contributed by atoms with Crippen molar-refractivity contribution in [2.24, 2.45) is 5.73 Å². The van der Waals surface area contributed by atoms with Gasteiger partial charge in [-0.15, -0.1) is 0 Å². The van der Waals surface area contributed by atoms with E-state index < -0.39 is 30.9 Å². The maximum Gasteiger partial charge on any atom is 0.323 e. The van der Waals surface area contributed by atoms with E-state index in [2.05, 4.69) is 0 Å². The predicted molar refractivity (Wildman–Crippen MR) is 73.0 cm³/mol. The molecular formula is C14H18N2O4. The first-order valence-corrected chi connectivity index (χ1v) is 6.13. The van der Waals surface area contributed by atoms with Crippen LogP contribution in [-0.4, -0.2) is 40.9 Å². The van der Waals surface area contributed by atoms with Gasteiger partial charge >= 0.3 is 5.97 Å². The van der Waals surface area contributed by atoms with Gasteiger partial charge in [0.15, 0.2) is 0 Å². The summed E-state index contributed by atoms with van der Waals surface area (Å²) in [4.78, 5) is 34.7. The predicted octanol–water partition coefficient (Wildman–Crippen LogP) is 0.244. The second kappa shape index (κ2) is 6.70. The lowest BCUT2D eigenvalue weighted by Crippen LogP contribution is -2.42. The molecule has 108 valence electrons. The Hall–Kier alpha value is -2.37. The van der Waals surface area contributed by atoms with Gasteiger partial charge < -0.3 is 15.7 Å². The van der Waals surface area contributed by atoms with Gasteiger partial charge in [0.2, 0.25) is 11.8 Å². The van der Waals surface area contributed by atoms with Gasteiger partial charge in [-0.25, -0.2) is 0 Å². The van der Waals surface area contributed by atoms with E-state index in [0.29, 0.717) is 0 Å². The van der Waals surface area contributed by atoms with Crippen LogP contribution in [0.5, 0.6) is 0 Å². The monoisotopic (exact) mass is 278 g/mol. The van der Waals surface area contributed by atoms with Crippen LogP contribution in [0, 0.1) is 13.8 Å². The molecule has 0 bridgehead atoms. The van der Waals surface area contributed by atoms with Crippen molar-refractivity contribution in [1.82, 2.24) is 4.90 Å². The Morgan fingerprint density at radius 3 is 2.40 bits per heavy atom. The molecular weight excluding hydrogens is 260 g/mol. The van der Waals surface area contributed by atoms with Crippen molar-refractivity contribution in [3.8, 4) is 0 Å². The van der Waals surface area contributed by atoms with Crippen LogP contribution in [0.15, 0.2) is 18.2 Å². The van der Waals surface area contributed by atoms with Crippen LogP contribution in [0.1, 0.15) is 16.7 Å². The van der Waals surface area contributed by atoms with Crippen molar-refractivity contribution in [3.05, 3.63) is 34.9 Å². The second-order valence-electron chi connectivity index (χ2n) is 4.72. The van der Waals surface area contributed by atoms with Crippen LogP contribution in [0.3, 0.4) is 0 Å². The van der Waals surface area contributed by atoms with Gasteiger partial charge in [0.05, 0.1) is 13.0 Å². The van der Waals surface area contributed by atoms with Gasteiger partial charge in [-0.1, -0.05) is 23.8 Å². The zero-order valence-electron chi connectivity index (χ0n) is 11.5. The lowest BCUT2D eigenvalue weighted by atomic mass is 10.0. The third-order valence-corrected chi connectivity index (χ3v) is 2.87. The third kappa shape index (κ3) is 4.72. The van der Waals surface area contributed by atoms with Crippen LogP contribution >= 0.6 is 0 Å². The van der Waals surface area contributed by atoms with E-state index in [1.54, 1.807) is 0 Å². The number of carboxylic acids is 1. The first kappa shape index (κ1) is 15.7. The molecule has 0 atom stereocenters. The van der Waals surface area contributed by atoms with Crippen molar-refractivity contribution in [1.29, 1.82) is 0 Å². The van der Waals surface area contributed by atoms with E-state index in [0.717, 1.165) is 21.6 Å². The average molecular weight is 278 g/mol. The molecule has 0 radical (unpaired) electrons. The molecule has 1 aromatic carbocycles. The number of hydrogen-bond acceptors (Lipinski definition) is 3. The smallest absolute Gasteiger partial charge is 0.323 e. The van der Waals surface area contributed by atoms with Gasteiger partial charge in [-0.3, -0.25) is 14.4 Å². The van der Waals surface area contributed by atoms with E-state index in [1.807, 2.05) is 32.0 Å². The highest BCUT2D eigenvalue weighted by Crippen LogP contribution is 2.12. The van der Waals surface area contributed by atoms with Crippen molar-refractivity contribution < 1.29 is 19.5 Å². The van der Waals surface area contributed by atoms with Gasteiger partial charge in [-0.2, -0.15) is 0 Å². The number of rotatable bonds is 6. The van der Waals surface area contributed by atoms with Crippen LogP contribution in [-0.2, 0) is 20.8 Å². The fourth-order valence-corrected chi connectivity index (χ4v) is 1.85. The van der Waals surface area contributed by atoms with Gasteiger partial charge in [0.25, 0.3) is 0 Å². The number of benzene rings is 1. The number of aliphatic carboxylic acids is 1. The SMILES string of the molecule is Cc1ccc(C)c(CC(=O)N(CC(N)=O)CC(=O)O)c1. The minimum Gasteiger partial charge on any atom is -0.480 e. The molecule has 0 aliphatic heterocycles. The van der Waals surface area contributed by atoms with Crippen molar-refractivity contribution in [3.63, 3.8) is 0 Å². The van der Waals surface area contributed by atoms with Crippen molar-refractivity contribution in [2.75, 3.05) is 13.1 Å². The summed E-state index contributed by atoms with van der Waals surface area (Å²) in [5.74, 6) is -2.35. The number of carboxylic acid groups (broad SMARTS) is 1. The summed E-state index contributed by atoms with van der Waals surface area (Å²) in [5.41, 5.74) is 7.80. The molecule has 1 aromatic rings. The first-order valence-electron chi connectivity index (χ1n) is 6.13. The molecule has 0 saturated carbocycles. The molecule has 0 fully saturated rings. The number of nitrogens with two attached hydrogens (primary N) is 1. The number of primary amides is 1. The Balaban J connectivity index is 2.86. The third-order valence-electron chi connectivity index (χ3n) is 2.87. The molecule has 6 nitrogen and oxygen atoms in total. The normalized spacial score (nSPS) is 10.1. The fourth-order valence-electron chi connectivity index (χ4n) is 1.85. The Morgan fingerprint density at radius 1 is 1.20 bits per heavy atom. The zero-order valence-corrected chi connectivity index (χ0v) is 11.5. The van der Waals surface area contributed by atoms with Gasteiger partial charge in [0, 0.05) is 0 Å². The minimum atomic E-state index is -1.18. The summed E-state index contributed by atoms with van der Waals surface area (Å²) >= 11 is 0. The second-order valence-corrected chi connectivity index (χ2v) is 4.72. The molecule has 0 spiro atoms. The quantitative estimate of drug-likeness (QED) is 0.778. The topological polar surface area (TPSA) is 101 Å². The molecule has 2 amide bonds. The molecule has 0 aliphatic rings. The van der Waals surface area contributed by atoms with Gasteiger partial charge in [0.1, 0.15) is 6.54 Å². The Bertz CT molecular complexity index is 524. The summed E-state index contributed by atoms with van der Waals surface area (Å²) in [6.07, 6.45) is 0.0497. The van der Waals surface area contributed by atoms with E-state index in [9.17, 15) is 14.4 Å². The number of aryl methyl sites for hydroxylation is 2. The van der Waals surface area contributed by atoms with E-state index in [1.165, 1.54) is 0 Å². The average Bonchev–Trinajstić information content (AvgIpc) is 2.31. The number of carbonyl (C=O) groups excluding carboxylic acids is 2. The van der Waals surface area contributed by atoms with Crippen LogP contribution < -0.4 is 5.73 Å². The van der Waals surface area contributed by atoms with Crippen LogP contribution in [0.25, 0.3) is 0 Å². The largest absolute Gasteiger partial charge is 0.480 e. The lowest BCUT2D eigenvalue weighted by molar-refractivity contribution is -0.145. The Kier molecular flexibility index (Phi) is 5.25. The molecule has 0 saturated heterocycles. The number of hydrogen-bond donors (Lipinski definition) is 2. The molecule has 6 heteroatoms. The Labute approximate surface area is 117 Å². The Morgan fingerprint density at radius 2 is 1.85 bits per heavy atom. The molecule has 0 unspecified atom stereocenters. The van der Waals surface area contributed by atoms with Crippen molar-refractivity contribution >= 4 is 17.8 Å². The highest BCUT2D eigenvalue weighted by molar-refractivity contribution is 5.88. The minimum absolute atomic E-state index is 0.0497. The first-order chi connectivity index (χ1) is 9.29. The highest BCUT2D eigenvalue weighted by Gasteiger charge is 2.19.